The molecule has 1 atom stereocenters. The van der Waals surface area contributed by atoms with Crippen molar-refractivity contribution in [3.63, 3.8) is 0 Å². The Morgan fingerprint density at radius 2 is 2.21 bits per heavy atom. The Morgan fingerprint density at radius 1 is 1.42 bits per heavy atom. The third-order valence-corrected chi connectivity index (χ3v) is 3.63. The van der Waals surface area contributed by atoms with Gasteiger partial charge < -0.3 is 15.0 Å². The van der Waals surface area contributed by atoms with Gasteiger partial charge in [-0.2, -0.15) is 0 Å². The lowest BCUT2D eigenvalue weighted by molar-refractivity contribution is 0.557. The van der Waals surface area contributed by atoms with E-state index in [0.29, 0.717) is 12.5 Å². The SMILES string of the molecule is CCC(C)CN(C)c1nc2ccccn2c1CCN. The van der Waals surface area contributed by atoms with Gasteiger partial charge in [0.1, 0.15) is 5.65 Å². The molecule has 19 heavy (non-hydrogen) atoms. The predicted octanol–water partition coefficient (Wildman–Crippen LogP) is 2.32. The van der Waals surface area contributed by atoms with E-state index in [0.717, 1.165) is 24.4 Å². The highest BCUT2D eigenvalue weighted by atomic mass is 15.2. The number of pyridine rings is 1. The summed E-state index contributed by atoms with van der Waals surface area (Å²) in [4.78, 5) is 7.01. The summed E-state index contributed by atoms with van der Waals surface area (Å²) in [5, 5.41) is 0. The molecular formula is C15H24N4. The molecule has 4 nitrogen and oxygen atoms in total. The van der Waals surface area contributed by atoms with E-state index in [4.69, 9.17) is 10.7 Å². The number of anilines is 1. The number of fused-ring (bicyclic) bond motifs is 1. The lowest BCUT2D eigenvalue weighted by Gasteiger charge is -2.21. The second kappa shape index (κ2) is 6.06. The van der Waals surface area contributed by atoms with Gasteiger partial charge in [-0.25, -0.2) is 4.98 Å². The maximum Gasteiger partial charge on any atom is 0.150 e. The molecule has 0 bridgehead atoms. The zero-order valence-corrected chi connectivity index (χ0v) is 12.1. The van der Waals surface area contributed by atoms with Crippen molar-refractivity contribution >= 4 is 11.5 Å². The number of hydrogen-bond donors (Lipinski definition) is 1. The van der Waals surface area contributed by atoms with Crippen LogP contribution in [0, 0.1) is 5.92 Å². The Bertz CT molecular complexity index is 532. The Hall–Kier alpha value is -1.55. The van der Waals surface area contributed by atoms with Gasteiger partial charge in [0.25, 0.3) is 0 Å². The predicted molar refractivity (Wildman–Crippen MR) is 80.7 cm³/mol. The highest BCUT2D eigenvalue weighted by Gasteiger charge is 2.16. The van der Waals surface area contributed by atoms with Crippen LogP contribution in [0.25, 0.3) is 5.65 Å². The van der Waals surface area contributed by atoms with Gasteiger partial charge in [-0.3, -0.25) is 0 Å². The van der Waals surface area contributed by atoms with Crippen LogP contribution < -0.4 is 10.6 Å². The van der Waals surface area contributed by atoms with E-state index in [1.165, 1.54) is 12.1 Å². The van der Waals surface area contributed by atoms with Crippen molar-refractivity contribution in [1.82, 2.24) is 9.38 Å². The lowest BCUT2D eigenvalue weighted by atomic mass is 10.1. The first-order valence-corrected chi connectivity index (χ1v) is 7.04. The summed E-state index contributed by atoms with van der Waals surface area (Å²) in [6.45, 7) is 6.17. The second-order valence-corrected chi connectivity index (χ2v) is 5.24. The molecule has 0 aromatic carbocycles. The molecule has 4 heteroatoms. The van der Waals surface area contributed by atoms with Gasteiger partial charge in [0, 0.05) is 26.2 Å². The standard InChI is InChI=1S/C15H24N4/c1-4-12(2)11-18(3)15-13(8-9-16)19-10-6-5-7-14(19)17-15/h5-7,10,12H,4,8-9,11,16H2,1-3H3. The van der Waals surface area contributed by atoms with E-state index in [1.54, 1.807) is 0 Å². The fraction of sp³-hybridized carbons (Fsp3) is 0.533. The summed E-state index contributed by atoms with van der Waals surface area (Å²) in [7, 11) is 2.12. The molecule has 0 aliphatic rings. The zero-order chi connectivity index (χ0) is 13.8. The second-order valence-electron chi connectivity index (χ2n) is 5.24. The van der Waals surface area contributed by atoms with Crippen LogP contribution in [0.3, 0.4) is 0 Å². The first-order valence-electron chi connectivity index (χ1n) is 7.04. The molecule has 0 spiro atoms. The Labute approximate surface area is 115 Å². The number of imidazole rings is 1. The van der Waals surface area contributed by atoms with E-state index in [2.05, 4.69) is 36.4 Å². The van der Waals surface area contributed by atoms with Crippen LogP contribution in [0.1, 0.15) is 26.0 Å². The molecular weight excluding hydrogens is 236 g/mol. The van der Waals surface area contributed by atoms with Crippen molar-refractivity contribution in [3.8, 4) is 0 Å². The van der Waals surface area contributed by atoms with E-state index >= 15 is 0 Å². The third kappa shape index (κ3) is 2.89. The summed E-state index contributed by atoms with van der Waals surface area (Å²) >= 11 is 0. The maximum absolute atomic E-state index is 5.75. The van der Waals surface area contributed by atoms with Crippen LogP contribution >= 0.6 is 0 Å². The minimum atomic E-state index is 0.646. The van der Waals surface area contributed by atoms with Crippen molar-refractivity contribution < 1.29 is 0 Å². The van der Waals surface area contributed by atoms with Crippen LogP contribution in [0.2, 0.25) is 0 Å². The highest BCUT2D eigenvalue weighted by molar-refractivity contribution is 5.55. The average Bonchev–Trinajstić information content (AvgIpc) is 2.78. The number of rotatable bonds is 6. The quantitative estimate of drug-likeness (QED) is 0.867. The van der Waals surface area contributed by atoms with Gasteiger partial charge >= 0.3 is 0 Å². The zero-order valence-electron chi connectivity index (χ0n) is 12.1. The first-order chi connectivity index (χ1) is 9.17. The minimum Gasteiger partial charge on any atom is -0.358 e. The van der Waals surface area contributed by atoms with Crippen molar-refractivity contribution in [2.45, 2.75) is 26.7 Å². The number of aromatic nitrogens is 2. The number of nitrogens with two attached hydrogens (primary N) is 1. The van der Waals surface area contributed by atoms with Crippen LogP contribution in [-0.4, -0.2) is 29.5 Å². The third-order valence-electron chi connectivity index (χ3n) is 3.63. The molecule has 0 amide bonds. The molecule has 0 fully saturated rings. The summed E-state index contributed by atoms with van der Waals surface area (Å²) in [6, 6.07) is 6.10. The monoisotopic (exact) mass is 260 g/mol. The van der Waals surface area contributed by atoms with Crippen LogP contribution in [0.15, 0.2) is 24.4 Å². The van der Waals surface area contributed by atoms with E-state index in [1.807, 2.05) is 18.2 Å². The van der Waals surface area contributed by atoms with Gasteiger partial charge in [-0.15, -0.1) is 0 Å². The van der Waals surface area contributed by atoms with Crippen LogP contribution in [0.5, 0.6) is 0 Å². The van der Waals surface area contributed by atoms with Gasteiger partial charge in [0.05, 0.1) is 5.69 Å². The molecule has 0 saturated carbocycles. The summed E-state index contributed by atoms with van der Waals surface area (Å²) in [6.07, 6.45) is 4.10. The van der Waals surface area contributed by atoms with Gasteiger partial charge in [0.2, 0.25) is 0 Å². The number of hydrogen-bond acceptors (Lipinski definition) is 3. The van der Waals surface area contributed by atoms with Crippen LogP contribution in [-0.2, 0) is 6.42 Å². The molecule has 0 aliphatic heterocycles. The molecule has 104 valence electrons. The fourth-order valence-electron chi connectivity index (χ4n) is 2.39. The summed E-state index contributed by atoms with van der Waals surface area (Å²) in [5.74, 6) is 1.73. The molecule has 2 aromatic rings. The maximum atomic E-state index is 5.75. The summed E-state index contributed by atoms with van der Waals surface area (Å²) in [5.41, 5.74) is 7.96. The van der Waals surface area contributed by atoms with Crippen molar-refractivity contribution in [2.24, 2.45) is 11.7 Å². The Kier molecular flexibility index (Phi) is 4.43. The lowest BCUT2D eigenvalue weighted by Crippen LogP contribution is -2.25. The molecule has 0 saturated heterocycles. The largest absolute Gasteiger partial charge is 0.358 e. The molecule has 0 aliphatic carbocycles. The van der Waals surface area contributed by atoms with E-state index in [-0.39, 0.29) is 0 Å². The van der Waals surface area contributed by atoms with Crippen molar-refractivity contribution in [2.75, 3.05) is 25.0 Å². The molecule has 2 rings (SSSR count). The Morgan fingerprint density at radius 3 is 2.89 bits per heavy atom. The number of nitrogens with zero attached hydrogens (tertiary/aromatic N) is 3. The van der Waals surface area contributed by atoms with Gasteiger partial charge in [-0.05, 0) is 24.6 Å². The van der Waals surface area contributed by atoms with E-state index in [9.17, 15) is 0 Å². The summed E-state index contributed by atoms with van der Waals surface area (Å²) < 4.78 is 2.15. The van der Waals surface area contributed by atoms with Crippen molar-refractivity contribution in [1.29, 1.82) is 0 Å². The van der Waals surface area contributed by atoms with Crippen molar-refractivity contribution in [3.05, 3.63) is 30.1 Å². The van der Waals surface area contributed by atoms with Crippen LogP contribution in [0.4, 0.5) is 5.82 Å². The average molecular weight is 260 g/mol. The first kappa shape index (κ1) is 13.9. The molecule has 0 radical (unpaired) electrons. The molecule has 2 aromatic heterocycles. The molecule has 2 N–H and O–H groups in total. The normalized spacial score (nSPS) is 12.8. The topological polar surface area (TPSA) is 46.6 Å². The molecule has 2 heterocycles. The van der Waals surface area contributed by atoms with Gasteiger partial charge in [-0.1, -0.05) is 26.3 Å². The van der Waals surface area contributed by atoms with E-state index < -0.39 is 0 Å². The molecule has 1 unspecified atom stereocenters. The smallest absolute Gasteiger partial charge is 0.150 e. The van der Waals surface area contributed by atoms with Gasteiger partial charge in [0.15, 0.2) is 5.82 Å². The minimum absolute atomic E-state index is 0.646. The fourth-order valence-corrected chi connectivity index (χ4v) is 2.39. The Balaban J connectivity index is 2.38. The highest BCUT2D eigenvalue weighted by Crippen LogP contribution is 2.22.